The number of benzene rings is 1. The predicted octanol–water partition coefficient (Wildman–Crippen LogP) is 1.67. The third kappa shape index (κ3) is 5.70. The molecule has 0 saturated heterocycles. The zero-order valence-corrected chi connectivity index (χ0v) is 12.6. The van der Waals surface area contributed by atoms with Gasteiger partial charge in [0.2, 0.25) is 5.78 Å². The molecule has 0 heterocycles. The second kappa shape index (κ2) is 8.42. The van der Waals surface area contributed by atoms with E-state index in [1.54, 1.807) is 6.92 Å². The van der Waals surface area contributed by atoms with Gasteiger partial charge in [-0.05, 0) is 18.6 Å². The molecule has 23 heavy (non-hydrogen) atoms. The van der Waals surface area contributed by atoms with Gasteiger partial charge in [0.25, 0.3) is 5.69 Å². The summed E-state index contributed by atoms with van der Waals surface area (Å²) in [6, 6.07) is 5.40. The minimum Gasteiger partial charge on any atom is -0.462 e. The van der Waals surface area contributed by atoms with Crippen molar-refractivity contribution in [3.8, 4) is 0 Å². The van der Waals surface area contributed by atoms with Gasteiger partial charge in [0.1, 0.15) is 5.57 Å². The van der Waals surface area contributed by atoms with E-state index in [0.29, 0.717) is 0 Å². The summed E-state index contributed by atoms with van der Waals surface area (Å²) >= 11 is 0. The SMILES string of the molecule is CCOC(=O)C(=Cc1cccc([N+](=O)[O-])c1)C(=O)COC(C)=O. The number of rotatable bonds is 7. The third-order valence-electron chi connectivity index (χ3n) is 2.59. The third-order valence-corrected chi connectivity index (χ3v) is 2.59. The first-order valence-corrected chi connectivity index (χ1v) is 6.65. The van der Waals surface area contributed by atoms with Crippen molar-refractivity contribution in [2.45, 2.75) is 13.8 Å². The Morgan fingerprint density at radius 2 is 1.96 bits per heavy atom. The van der Waals surface area contributed by atoms with Gasteiger partial charge in [-0.1, -0.05) is 12.1 Å². The molecule has 0 unspecified atom stereocenters. The molecule has 0 saturated carbocycles. The van der Waals surface area contributed by atoms with Crippen LogP contribution < -0.4 is 0 Å². The van der Waals surface area contributed by atoms with E-state index in [-0.39, 0.29) is 23.4 Å². The van der Waals surface area contributed by atoms with E-state index < -0.39 is 29.3 Å². The standard InChI is InChI=1S/C15H15NO7/c1-3-22-15(19)13(14(18)9-23-10(2)17)8-11-5-4-6-12(7-11)16(20)21/h4-8H,3,9H2,1-2H3. The number of carbonyl (C=O) groups is 3. The Hall–Kier alpha value is -3.03. The molecule has 1 rings (SSSR count). The van der Waals surface area contributed by atoms with Crippen molar-refractivity contribution < 1.29 is 28.8 Å². The summed E-state index contributed by atoms with van der Waals surface area (Å²) in [5, 5.41) is 10.8. The molecule has 0 aromatic heterocycles. The summed E-state index contributed by atoms with van der Waals surface area (Å²) in [4.78, 5) is 44.8. The molecule has 122 valence electrons. The number of non-ortho nitro benzene ring substituents is 1. The van der Waals surface area contributed by atoms with Gasteiger partial charge in [0, 0.05) is 19.1 Å². The van der Waals surface area contributed by atoms with E-state index in [9.17, 15) is 24.5 Å². The van der Waals surface area contributed by atoms with Crippen LogP contribution in [0.15, 0.2) is 29.8 Å². The molecule has 0 atom stereocenters. The zero-order valence-electron chi connectivity index (χ0n) is 12.6. The van der Waals surface area contributed by atoms with E-state index in [1.165, 1.54) is 24.3 Å². The van der Waals surface area contributed by atoms with Crippen molar-refractivity contribution in [3.05, 3.63) is 45.5 Å². The van der Waals surface area contributed by atoms with Crippen molar-refractivity contribution in [1.82, 2.24) is 0 Å². The first kappa shape index (κ1) is 18.0. The second-order valence-corrected chi connectivity index (χ2v) is 4.33. The van der Waals surface area contributed by atoms with E-state index in [4.69, 9.17) is 4.74 Å². The number of Topliss-reactive ketones (excluding diaryl/α,β-unsaturated/α-hetero) is 1. The van der Waals surface area contributed by atoms with Crippen molar-refractivity contribution in [2.75, 3.05) is 13.2 Å². The van der Waals surface area contributed by atoms with Gasteiger partial charge in [-0.3, -0.25) is 19.7 Å². The number of ketones is 1. The number of ether oxygens (including phenoxy) is 2. The van der Waals surface area contributed by atoms with Gasteiger partial charge in [-0.15, -0.1) is 0 Å². The molecule has 0 radical (unpaired) electrons. The molecular formula is C15H15NO7. The van der Waals surface area contributed by atoms with Crippen LogP contribution in [0.2, 0.25) is 0 Å². The highest BCUT2D eigenvalue weighted by molar-refractivity contribution is 6.21. The fourth-order valence-corrected chi connectivity index (χ4v) is 1.60. The Morgan fingerprint density at radius 3 is 2.52 bits per heavy atom. The van der Waals surface area contributed by atoms with Crippen LogP contribution in [0.1, 0.15) is 19.4 Å². The highest BCUT2D eigenvalue weighted by Crippen LogP contribution is 2.17. The predicted molar refractivity (Wildman–Crippen MR) is 79.3 cm³/mol. The highest BCUT2D eigenvalue weighted by Gasteiger charge is 2.21. The summed E-state index contributed by atoms with van der Waals surface area (Å²) in [5.41, 5.74) is -0.263. The number of nitro benzene ring substituents is 1. The van der Waals surface area contributed by atoms with Crippen molar-refractivity contribution in [1.29, 1.82) is 0 Å². The first-order chi connectivity index (χ1) is 10.8. The smallest absolute Gasteiger partial charge is 0.341 e. The van der Waals surface area contributed by atoms with Crippen LogP contribution in [0.5, 0.6) is 0 Å². The van der Waals surface area contributed by atoms with Crippen LogP contribution in [0.3, 0.4) is 0 Å². The summed E-state index contributed by atoms with van der Waals surface area (Å²) < 4.78 is 9.35. The van der Waals surface area contributed by atoms with Gasteiger partial charge >= 0.3 is 11.9 Å². The molecule has 8 heteroatoms. The first-order valence-electron chi connectivity index (χ1n) is 6.65. The monoisotopic (exact) mass is 321 g/mol. The molecule has 0 aliphatic carbocycles. The lowest BCUT2D eigenvalue weighted by molar-refractivity contribution is -0.384. The Labute approximate surface area is 131 Å². The zero-order chi connectivity index (χ0) is 17.4. The van der Waals surface area contributed by atoms with E-state index in [2.05, 4.69) is 4.74 Å². The molecule has 8 nitrogen and oxygen atoms in total. The molecule has 1 aromatic carbocycles. The lowest BCUT2D eigenvalue weighted by Crippen LogP contribution is -2.21. The number of hydrogen-bond acceptors (Lipinski definition) is 7. The largest absolute Gasteiger partial charge is 0.462 e. The molecule has 0 fully saturated rings. The fourth-order valence-electron chi connectivity index (χ4n) is 1.60. The maximum Gasteiger partial charge on any atom is 0.341 e. The molecule has 1 aromatic rings. The van der Waals surface area contributed by atoms with Crippen LogP contribution in [0.25, 0.3) is 6.08 Å². The van der Waals surface area contributed by atoms with E-state index >= 15 is 0 Å². The van der Waals surface area contributed by atoms with E-state index in [1.807, 2.05) is 0 Å². The minimum absolute atomic E-state index is 0.0476. The molecule has 0 N–H and O–H groups in total. The maximum atomic E-state index is 12.0. The summed E-state index contributed by atoms with van der Waals surface area (Å²) in [6.07, 6.45) is 1.16. The Bertz CT molecular complexity index is 664. The lowest BCUT2D eigenvalue weighted by Gasteiger charge is -2.07. The van der Waals surface area contributed by atoms with Crippen molar-refractivity contribution in [3.63, 3.8) is 0 Å². The van der Waals surface area contributed by atoms with Crippen LogP contribution in [-0.2, 0) is 23.9 Å². The fraction of sp³-hybridized carbons (Fsp3) is 0.267. The average Bonchev–Trinajstić information content (AvgIpc) is 2.50. The number of carbonyl (C=O) groups excluding carboxylic acids is 3. The lowest BCUT2D eigenvalue weighted by atomic mass is 10.1. The summed E-state index contributed by atoms with van der Waals surface area (Å²) in [6.45, 7) is 2.13. The second-order valence-electron chi connectivity index (χ2n) is 4.33. The molecule has 0 aliphatic heterocycles. The Kier molecular flexibility index (Phi) is 6.60. The highest BCUT2D eigenvalue weighted by atomic mass is 16.6. The van der Waals surface area contributed by atoms with Crippen molar-refractivity contribution in [2.24, 2.45) is 0 Å². The molecule has 0 amide bonds. The number of nitro groups is 1. The van der Waals surface area contributed by atoms with Crippen LogP contribution >= 0.6 is 0 Å². The molecular weight excluding hydrogens is 306 g/mol. The number of hydrogen-bond donors (Lipinski definition) is 0. The summed E-state index contributed by atoms with van der Waals surface area (Å²) in [5.74, 6) is -2.32. The van der Waals surface area contributed by atoms with Crippen LogP contribution in [0.4, 0.5) is 5.69 Å². The Balaban J connectivity index is 3.14. The molecule has 0 spiro atoms. The van der Waals surface area contributed by atoms with Crippen LogP contribution in [-0.4, -0.2) is 35.9 Å². The molecule has 0 aliphatic rings. The quantitative estimate of drug-likeness (QED) is 0.187. The van der Waals surface area contributed by atoms with Gasteiger partial charge in [-0.25, -0.2) is 4.79 Å². The van der Waals surface area contributed by atoms with Gasteiger partial charge in [0.15, 0.2) is 6.61 Å². The summed E-state index contributed by atoms with van der Waals surface area (Å²) in [7, 11) is 0. The van der Waals surface area contributed by atoms with Gasteiger partial charge in [0.05, 0.1) is 11.5 Å². The average molecular weight is 321 g/mol. The topological polar surface area (TPSA) is 113 Å². The van der Waals surface area contributed by atoms with E-state index in [0.717, 1.165) is 13.0 Å². The molecule has 0 bridgehead atoms. The number of esters is 2. The van der Waals surface area contributed by atoms with Gasteiger partial charge in [-0.2, -0.15) is 0 Å². The van der Waals surface area contributed by atoms with Crippen molar-refractivity contribution >= 4 is 29.5 Å². The minimum atomic E-state index is -0.892. The van der Waals surface area contributed by atoms with Gasteiger partial charge < -0.3 is 9.47 Å². The normalized spacial score (nSPS) is 10.8. The Morgan fingerprint density at radius 1 is 1.26 bits per heavy atom. The number of nitrogens with zero attached hydrogens (tertiary/aromatic N) is 1. The van der Waals surface area contributed by atoms with Crippen LogP contribution in [0, 0.1) is 10.1 Å². The maximum absolute atomic E-state index is 12.0.